The largest absolute Gasteiger partial charge is 0.494 e. The van der Waals surface area contributed by atoms with Crippen LogP contribution in [0.1, 0.15) is 36.9 Å². The van der Waals surface area contributed by atoms with Gasteiger partial charge in [0.15, 0.2) is 29.3 Å². The van der Waals surface area contributed by atoms with Crippen LogP contribution < -0.4 is 4.74 Å². The number of benzene rings is 2. The molecule has 0 saturated heterocycles. The Morgan fingerprint density at radius 3 is 2.35 bits per heavy atom. The Bertz CT molecular complexity index is 1860. The van der Waals surface area contributed by atoms with E-state index < -0.39 is 35.4 Å². The van der Waals surface area contributed by atoms with Gasteiger partial charge in [0.1, 0.15) is 17.1 Å². The minimum atomic E-state index is -4.72. The number of alkyl halides is 3. The standard InChI is InChI=1S/C33H33F5N7O3/c1-5-13-47-21-10-11-22(24(15-21)33(36,37)38)30-39-16-20(17-40-30)29(32(46)48-14-7-12-45(2,3)4)44-19-27-26(18-41-44)42-31(43-27)23-8-6-9-25(34)28(23)35/h6,8-11,15-19,29H,5,7,12-14H2,1-4H3/q+1. The van der Waals surface area contributed by atoms with Gasteiger partial charge in [-0.15, -0.1) is 0 Å². The topological polar surface area (TPSA) is 105 Å². The first-order valence-corrected chi connectivity index (χ1v) is 15.0. The lowest BCUT2D eigenvalue weighted by Crippen LogP contribution is -2.36. The van der Waals surface area contributed by atoms with E-state index in [2.05, 4.69) is 25.0 Å². The number of hydrogen-bond acceptors (Lipinski definition) is 8. The van der Waals surface area contributed by atoms with Crippen LogP contribution in [0.15, 0.2) is 61.2 Å². The van der Waals surface area contributed by atoms with Gasteiger partial charge >= 0.3 is 12.1 Å². The predicted molar refractivity (Wildman–Crippen MR) is 165 cm³/mol. The van der Waals surface area contributed by atoms with Gasteiger partial charge in [0.2, 0.25) is 0 Å². The Kier molecular flexibility index (Phi) is 9.98. The first-order valence-electron chi connectivity index (χ1n) is 15.0. The van der Waals surface area contributed by atoms with Crippen LogP contribution in [-0.2, 0) is 15.7 Å². The summed E-state index contributed by atoms with van der Waals surface area (Å²) in [5.74, 6) is -3.14. The van der Waals surface area contributed by atoms with Crippen LogP contribution in [0, 0.1) is 11.6 Å². The van der Waals surface area contributed by atoms with E-state index >= 15 is 0 Å². The SMILES string of the molecule is CCCOc1ccc(-c2ncc(C(C(=O)OCCC[N+](C)(C)C)n3cc4nc(-c5cccc(F)c5F)nc-4cn3)cn2)c(C(F)(F)F)c1. The predicted octanol–water partition coefficient (Wildman–Crippen LogP) is 6.22. The van der Waals surface area contributed by atoms with E-state index in [-0.39, 0.29) is 58.7 Å². The van der Waals surface area contributed by atoms with Gasteiger partial charge in [-0.2, -0.15) is 18.3 Å². The molecule has 0 spiro atoms. The second kappa shape index (κ2) is 14.0. The Morgan fingerprint density at radius 2 is 1.67 bits per heavy atom. The van der Waals surface area contributed by atoms with Crippen molar-refractivity contribution < 1.29 is 40.7 Å². The summed E-state index contributed by atoms with van der Waals surface area (Å²) in [6, 6.07) is 5.91. The average Bonchev–Trinajstić information content (AvgIpc) is 3.46. The van der Waals surface area contributed by atoms with Gasteiger partial charge in [0, 0.05) is 29.9 Å². The maximum Gasteiger partial charge on any atom is 0.417 e. The monoisotopic (exact) mass is 670 g/mol. The molecule has 2 aliphatic heterocycles. The molecular formula is C33H33F5N7O3+. The first kappa shape index (κ1) is 34.3. The first-order chi connectivity index (χ1) is 22.7. The van der Waals surface area contributed by atoms with Gasteiger partial charge in [0.05, 0.1) is 64.4 Å². The number of aromatic nitrogens is 6. The minimum absolute atomic E-state index is 0.0642. The minimum Gasteiger partial charge on any atom is -0.494 e. The summed E-state index contributed by atoms with van der Waals surface area (Å²) in [6.45, 7) is 2.91. The van der Waals surface area contributed by atoms with E-state index in [1.165, 1.54) is 53.7 Å². The highest BCUT2D eigenvalue weighted by molar-refractivity contribution is 5.78. The Hall–Kier alpha value is -5.05. The number of nitrogens with zero attached hydrogens (tertiary/aromatic N) is 7. The van der Waals surface area contributed by atoms with E-state index in [1.54, 1.807) is 0 Å². The molecule has 0 fully saturated rings. The maximum atomic E-state index is 14.5. The Morgan fingerprint density at radius 1 is 0.938 bits per heavy atom. The molecule has 3 aromatic rings. The number of hydrogen-bond donors (Lipinski definition) is 0. The van der Waals surface area contributed by atoms with E-state index in [1.807, 2.05) is 28.1 Å². The number of carbonyl (C=O) groups excluding carboxylic acids is 1. The maximum absolute atomic E-state index is 14.5. The molecule has 0 saturated carbocycles. The van der Waals surface area contributed by atoms with E-state index in [4.69, 9.17) is 9.47 Å². The Labute approximate surface area is 273 Å². The van der Waals surface area contributed by atoms with Crippen molar-refractivity contribution in [1.82, 2.24) is 29.7 Å². The van der Waals surface area contributed by atoms with Gasteiger partial charge in [-0.3, -0.25) is 4.68 Å². The second-order valence-electron chi connectivity index (χ2n) is 12.0. The normalized spacial score (nSPS) is 12.7. The molecule has 0 aliphatic carbocycles. The van der Waals surface area contributed by atoms with Crippen LogP contribution in [-0.4, -0.2) is 81.1 Å². The lowest BCUT2D eigenvalue weighted by molar-refractivity contribution is -0.870. The van der Waals surface area contributed by atoms with Crippen LogP contribution >= 0.6 is 0 Å². The van der Waals surface area contributed by atoms with Gasteiger partial charge < -0.3 is 14.0 Å². The number of ether oxygens (including phenoxy) is 2. The molecule has 15 heteroatoms. The molecule has 1 unspecified atom stereocenters. The molecule has 1 atom stereocenters. The van der Waals surface area contributed by atoms with E-state index in [0.29, 0.717) is 17.3 Å². The fourth-order valence-corrected chi connectivity index (χ4v) is 4.84. The molecule has 10 nitrogen and oxygen atoms in total. The van der Waals surface area contributed by atoms with Crippen molar-refractivity contribution in [1.29, 1.82) is 0 Å². The lowest BCUT2D eigenvalue weighted by atomic mass is 10.1. The fourth-order valence-electron chi connectivity index (χ4n) is 4.84. The van der Waals surface area contributed by atoms with Crippen molar-refractivity contribution >= 4 is 5.97 Å². The number of rotatable bonds is 12. The lowest BCUT2D eigenvalue weighted by Gasteiger charge is -2.24. The smallest absolute Gasteiger partial charge is 0.417 e. The molecule has 2 aromatic carbocycles. The molecule has 48 heavy (non-hydrogen) atoms. The number of imidazole rings is 1. The summed E-state index contributed by atoms with van der Waals surface area (Å²) >= 11 is 0. The summed E-state index contributed by atoms with van der Waals surface area (Å²) in [5.41, 5.74) is -0.771. The van der Waals surface area contributed by atoms with Crippen molar-refractivity contribution in [3.05, 3.63) is 83.9 Å². The summed E-state index contributed by atoms with van der Waals surface area (Å²) in [6.07, 6.45) is 1.60. The molecule has 2 aliphatic rings. The molecule has 252 valence electrons. The number of fused-ring (bicyclic) bond motifs is 1. The number of halogens is 5. The van der Waals surface area contributed by atoms with E-state index in [0.717, 1.165) is 18.7 Å². The molecule has 3 heterocycles. The van der Waals surface area contributed by atoms with Gasteiger partial charge in [-0.05, 0) is 36.8 Å². The number of quaternary nitrogens is 1. The van der Waals surface area contributed by atoms with E-state index in [9.17, 15) is 26.7 Å². The van der Waals surface area contributed by atoms with Crippen molar-refractivity contribution in [2.75, 3.05) is 40.9 Å². The molecule has 0 bridgehead atoms. The zero-order valence-electron chi connectivity index (χ0n) is 26.6. The highest BCUT2D eigenvalue weighted by atomic mass is 19.4. The van der Waals surface area contributed by atoms with Gasteiger partial charge in [-0.1, -0.05) is 13.0 Å². The third-order valence-corrected chi connectivity index (χ3v) is 7.18. The number of carbonyl (C=O) groups is 1. The molecule has 5 rings (SSSR count). The highest BCUT2D eigenvalue weighted by Crippen LogP contribution is 2.38. The second-order valence-corrected chi connectivity index (χ2v) is 12.0. The molecular weight excluding hydrogens is 637 g/mol. The van der Waals surface area contributed by atoms with Crippen LogP contribution in [0.5, 0.6) is 5.75 Å². The summed E-state index contributed by atoms with van der Waals surface area (Å²) in [5, 5.41) is 4.30. The quantitative estimate of drug-likeness (QED) is 0.0668. The number of esters is 1. The summed E-state index contributed by atoms with van der Waals surface area (Å²) in [4.78, 5) is 30.5. The summed E-state index contributed by atoms with van der Waals surface area (Å²) in [7, 11) is 6.00. The molecule has 0 N–H and O–H groups in total. The Balaban J connectivity index is 1.50. The third-order valence-electron chi connectivity index (χ3n) is 7.18. The van der Waals surface area contributed by atoms with Crippen molar-refractivity contribution in [2.24, 2.45) is 0 Å². The van der Waals surface area contributed by atoms with Crippen LogP contribution in [0.3, 0.4) is 0 Å². The van der Waals surface area contributed by atoms with Crippen LogP contribution in [0.2, 0.25) is 0 Å². The zero-order valence-corrected chi connectivity index (χ0v) is 26.6. The van der Waals surface area contributed by atoms with Crippen LogP contribution in [0.4, 0.5) is 22.0 Å². The molecule has 0 radical (unpaired) electrons. The molecule has 0 amide bonds. The van der Waals surface area contributed by atoms with Crippen molar-refractivity contribution in [2.45, 2.75) is 32.0 Å². The van der Waals surface area contributed by atoms with Crippen molar-refractivity contribution in [3.63, 3.8) is 0 Å². The fraction of sp³-hybridized carbons (Fsp3) is 0.333. The summed E-state index contributed by atoms with van der Waals surface area (Å²) < 4.78 is 83.3. The average molecular weight is 671 g/mol. The van der Waals surface area contributed by atoms with Crippen LogP contribution in [0.25, 0.3) is 34.2 Å². The zero-order chi connectivity index (χ0) is 34.6. The molecule has 1 aromatic heterocycles. The van der Waals surface area contributed by atoms with Crippen molar-refractivity contribution in [3.8, 4) is 39.9 Å². The van der Waals surface area contributed by atoms with Gasteiger partial charge in [-0.25, -0.2) is 33.5 Å². The third kappa shape index (κ3) is 7.90. The van der Waals surface area contributed by atoms with Gasteiger partial charge in [0.25, 0.3) is 0 Å². The highest BCUT2D eigenvalue weighted by Gasteiger charge is 2.35.